The number of fused-ring (bicyclic) bond motifs is 3. The first kappa shape index (κ1) is 34.8. The summed E-state index contributed by atoms with van der Waals surface area (Å²) in [5.74, 6) is -0.814. The summed E-state index contributed by atoms with van der Waals surface area (Å²) in [5, 5.41) is 5.46. The van der Waals surface area contributed by atoms with Gasteiger partial charge < -0.3 is 24.8 Å². The molecule has 0 unspecified atom stereocenters. The molecule has 44 heavy (non-hydrogen) atoms. The van der Waals surface area contributed by atoms with Crippen LogP contribution < -0.4 is 10.6 Å². The van der Waals surface area contributed by atoms with Gasteiger partial charge in [0.15, 0.2) is 0 Å². The molecule has 2 aromatic carbocycles. The molecular formula is C35H48N2O7. The number of amides is 2. The molecule has 0 aliphatic heterocycles. The summed E-state index contributed by atoms with van der Waals surface area (Å²) < 4.78 is 16.6. The van der Waals surface area contributed by atoms with E-state index < -0.39 is 23.7 Å². The SMILES string of the molecule is CC(C)(C)CC(=O)N[C@@H](CCC(=O)CCCOCCNC(=O)OCC1c2ccccc2-c2ccccc21)C(=O)OC(C)(C)C. The van der Waals surface area contributed by atoms with Gasteiger partial charge in [0.1, 0.15) is 24.0 Å². The molecule has 1 atom stereocenters. The van der Waals surface area contributed by atoms with Crippen molar-refractivity contribution >= 4 is 23.8 Å². The number of rotatable bonds is 15. The van der Waals surface area contributed by atoms with E-state index in [-0.39, 0.29) is 61.9 Å². The van der Waals surface area contributed by atoms with Crippen LogP contribution in [0.25, 0.3) is 11.1 Å². The highest BCUT2D eigenvalue weighted by Crippen LogP contribution is 2.44. The van der Waals surface area contributed by atoms with Crippen molar-refractivity contribution in [3.8, 4) is 11.1 Å². The number of carbonyl (C=O) groups excluding carboxylic acids is 4. The van der Waals surface area contributed by atoms with Crippen molar-refractivity contribution in [3.05, 3.63) is 59.7 Å². The Balaban J connectivity index is 1.31. The number of benzene rings is 2. The third kappa shape index (κ3) is 11.4. The first-order valence-electron chi connectivity index (χ1n) is 15.4. The van der Waals surface area contributed by atoms with Gasteiger partial charge in [-0.05, 0) is 61.3 Å². The van der Waals surface area contributed by atoms with Crippen LogP contribution in [0.5, 0.6) is 0 Å². The molecule has 9 nitrogen and oxygen atoms in total. The van der Waals surface area contributed by atoms with E-state index in [1.54, 1.807) is 20.8 Å². The van der Waals surface area contributed by atoms with Gasteiger partial charge in [-0.2, -0.15) is 0 Å². The molecule has 1 aliphatic carbocycles. The molecule has 2 N–H and O–H groups in total. The van der Waals surface area contributed by atoms with Gasteiger partial charge in [0.2, 0.25) is 5.91 Å². The van der Waals surface area contributed by atoms with Gasteiger partial charge in [-0.1, -0.05) is 69.3 Å². The molecule has 0 aromatic heterocycles. The quantitative estimate of drug-likeness (QED) is 0.190. The molecule has 9 heteroatoms. The van der Waals surface area contributed by atoms with Crippen molar-refractivity contribution in [1.82, 2.24) is 10.6 Å². The van der Waals surface area contributed by atoms with Crippen molar-refractivity contribution in [1.29, 1.82) is 0 Å². The van der Waals surface area contributed by atoms with E-state index in [1.165, 1.54) is 11.1 Å². The van der Waals surface area contributed by atoms with Crippen molar-refractivity contribution in [2.75, 3.05) is 26.4 Å². The zero-order valence-electron chi connectivity index (χ0n) is 27.0. The number of Topliss-reactive ketones (excluding diaryl/α,β-unsaturated/α-hetero) is 1. The van der Waals surface area contributed by atoms with Crippen molar-refractivity contribution < 1.29 is 33.4 Å². The van der Waals surface area contributed by atoms with Crippen LogP contribution in [0.2, 0.25) is 0 Å². The summed E-state index contributed by atoms with van der Waals surface area (Å²) in [4.78, 5) is 49.9. The lowest BCUT2D eigenvalue weighted by Gasteiger charge is -2.25. The van der Waals surface area contributed by atoms with Crippen LogP contribution in [0.4, 0.5) is 4.79 Å². The Kier molecular flexibility index (Phi) is 12.5. The summed E-state index contributed by atoms with van der Waals surface area (Å²) in [5.41, 5.74) is 3.73. The minimum Gasteiger partial charge on any atom is -0.458 e. The number of carbonyl (C=O) groups is 4. The van der Waals surface area contributed by atoms with E-state index in [2.05, 4.69) is 34.9 Å². The average Bonchev–Trinajstić information content (AvgIpc) is 3.25. The zero-order valence-corrected chi connectivity index (χ0v) is 27.0. The maximum Gasteiger partial charge on any atom is 0.407 e. The third-order valence-electron chi connectivity index (χ3n) is 7.03. The van der Waals surface area contributed by atoms with Crippen LogP contribution in [-0.2, 0) is 28.6 Å². The van der Waals surface area contributed by atoms with E-state index in [4.69, 9.17) is 14.2 Å². The Hall–Kier alpha value is -3.72. The summed E-state index contributed by atoms with van der Waals surface area (Å²) in [7, 11) is 0. The van der Waals surface area contributed by atoms with Gasteiger partial charge in [0, 0.05) is 38.3 Å². The van der Waals surface area contributed by atoms with E-state index >= 15 is 0 Å². The topological polar surface area (TPSA) is 120 Å². The highest BCUT2D eigenvalue weighted by atomic mass is 16.6. The molecule has 2 aromatic rings. The molecule has 3 rings (SSSR count). The summed E-state index contributed by atoms with van der Waals surface area (Å²) >= 11 is 0. The van der Waals surface area contributed by atoms with Crippen molar-refractivity contribution in [2.24, 2.45) is 5.41 Å². The van der Waals surface area contributed by atoms with Gasteiger partial charge in [-0.15, -0.1) is 0 Å². The van der Waals surface area contributed by atoms with Crippen molar-refractivity contribution in [3.63, 3.8) is 0 Å². The second-order valence-electron chi connectivity index (χ2n) is 13.4. The molecule has 2 amide bonds. The molecule has 0 saturated heterocycles. The zero-order chi connectivity index (χ0) is 32.3. The fourth-order valence-electron chi connectivity index (χ4n) is 5.13. The molecule has 0 bridgehead atoms. The minimum absolute atomic E-state index is 0.00103. The highest BCUT2D eigenvalue weighted by molar-refractivity contribution is 5.86. The van der Waals surface area contributed by atoms with Crippen LogP contribution in [0.3, 0.4) is 0 Å². The number of hydrogen-bond acceptors (Lipinski definition) is 7. The Bertz CT molecular complexity index is 1250. The third-order valence-corrected chi connectivity index (χ3v) is 7.03. The average molecular weight is 609 g/mol. The predicted molar refractivity (Wildman–Crippen MR) is 169 cm³/mol. The largest absolute Gasteiger partial charge is 0.458 e. The summed E-state index contributed by atoms with van der Waals surface area (Å²) in [6, 6.07) is 15.5. The Morgan fingerprint density at radius 2 is 1.45 bits per heavy atom. The van der Waals surface area contributed by atoms with Crippen LogP contribution in [0.1, 0.15) is 90.7 Å². The molecular weight excluding hydrogens is 560 g/mol. The van der Waals surface area contributed by atoms with Crippen LogP contribution >= 0.6 is 0 Å². The van der Waals surface area contributed by atoms with E-state index in [0.717, 1.165) is 11.1 Å². The Morgan fingerprint density at radius 1 is 0.841 bits per heavy atom. The monoisotopic (exact) mass is 608 g/mol. The second-order valence-corrected chi connectivity index (χ2v) is 13.4. The number of esters is 1. The van der Waals surface area contributed by atoms with E-state index in [9.17, 15) is 19.2 Å². The second kappa shape index (κ2) is 15.8. The van der Waals surface area contributed by atoms with E-state index in [0.29, 0.717) is 19.6 Å². The molecule has 240 valence electrons. The maximum atomic E-state index is 12.7. The number of ketones is 1. The van der Waals surface area contributed by atoms with Gasteiger partial charge in [0.05, 0.1) is 6.61 Å². The fraction of sp³-hybridized carbons (Fsp3) is 0.543. The Morgan fingerprint density at radius 3 is 2.05 bits per heavy atom. The number of hydrogen-bond donors (Lipinski definition) is 2. The van der Waals surface area contributed by atoms with Gasteiger partial charge in [-0.3, -0.25) is 9.59 Å². The standard InChI is InChI=1S/C35H48N2O7/c1-34(2,3)22-31(39)37-30(32(40)44-35(4,5)6)18-17-24(38)12-11-20-42-21-19-36-33(41)43-23-29-27-15-9-7-13-25(27)26-14-8-10-16-28(26)29/h7-10,13-16,29-30H,11-12,17-23H2,1-6H3,(H,36,41)(H,37,39)/t30-/m0/s1. The molecule has 0 heterocycles. The predicted octanol–water partition coefficient (Wildman–Crippen LogP) is 5.93. The summed E-state index contributed by atoms with van der Waals surface area (Å²) in [6.45, 7) is 12.3. The van der Waals surface area contributed by atoms with Crippen molar-refractivity contribution in [2.45, 2.75) is 91.2 Å². The van der Waals surface area contributed by atoms with Crippen LogP contribution in [0.15, 0.2) is 48.5 Å². The lowest BCUT2D eigenvalue weighted by molar-refractivity contribution is -0.159. The number of nitrogens with one attached hydrogen (secondary N) is 2. The maximum absolute atomic E-state index is 12.7. The first-order chi connectivity index (χ1) is 20.7. The first-order valence-corrected chi connectivity index (χ1v) is 15.4. The van der Waals surface area contributed by atoms with Crippen LogP contribution in [0, 0.1) is 5.41 Å². The molecule has 0 saturated carbocycles. The van der Waals surface area contributed by atoms with E-state index in [1.807, 2.05) is 45.0 Å². The fourth-order valence-corrected chi connectivity index (χ4v) is 5.13. The number of alkyl carbamates (subject to hydrolysis) is 1. The lowest BCUT2D eigenvalue weighted by Crippen LogP contribution is -2.45. The lowest BCUT2D eigenvalue weighted by atomic mass is 9.91. The molecule has 1 aliphatic rings. The minimum atomic E-state index is -0.881. The smallest absolute Gasteiger partial charge is 0.407 e. The van der Waals surface area contributed by atoms with Gasteiger partial charge in [0.25, 0.3) is 0 Å². The molecule has 0 spiro atoms. The Labute approximate surface area is 261 Å². The number of ether oxygens (including phenoxy) is 3. The normalized spacial score (nSPS) is 13.4. The molecule has 0 radical (unpaired) electrons. The summed E-state index contributed by atoms with van der Waals surface area (Å²) in [6.07, 6.45) is 0.874. The highest BCUT2D eigenvalue weighted by Gasteiger charge is 2.30. The van der Waals surface area contributed by atoms with Gasteiger partial charge >= 0.3 is 12.1 Å². The van der Waals surface area contributed by atoms with Crippen LogP contribution in [-0.4, -0.2) is 61.8 Å². The molecule has 0 fully saturated rings. The van der Waals surface area contributed by atoms with Gasteiger partial charge in [-0.25, -0.2) is 9.59 Å².